The Balaban J connectivity index is 3.08. The molecule has 1 rings (SSSR count). The summed E-state index contributed by atoms with van der Waals surface area (Å²) in [6.07, 6.45) is 0. The molecule has 2 amide bonds. The van der Waals surface area contributed by atoms with Gasteiger partial charge in [0.15, 0.2) is 0 Å². The highest BCUT2D eigenvalue weighted by Gasteiger charge is 2.11. The third kappa shape index (κ3) is 2.52. The van der Waals surface area contributed by atoms with Crippen molar-refractivity contribution in [2.24, 2.45) is 11.7 Å². The number of carbonyl (C=O) groups is 2. The van der Waals surface area contributed by atoms with Crippen LogP contribution in [0.1, 0.15) is 20.7 Å². The lowest BCUT2D eigenvalue weighted by Crippen LogP contribution is -2.31. The van der Waals surface area contributed by atoms with Gasteiger partial charge in [-0.1, -0.05) is 0 Å². The average Bonchev–Trinajstić information content (AvgIpc) is 2.26. The number of carbonyl (C=O) groups excluding carboxylic acids is 2. The van der Waals surface area contributed by atoms with Crippen molar-refractivity contribution in [1.29, 1.82) is 0 Å². The van der Waals surface area contributed by atoms with Crippen LogP contribution in [0.25, 0.3) is 0 Å². The van der Waals surface area contributed by atoms with E-state index in [9.17, 15) is 9.59 Å². The lowest BCUT2D eigenvalue weighted by atomic mass is 10.1. The largest absolute Gasteiger partial charge is 0.290 e. The van der Waals surface area contributed by atoms with Crippen LogP contribution < -0.4 is 22.5 Å². The molecule has 80 valence electrons. The fourth-order valence-corrected chi connectivity index (χ4v) is 1.56. The molecule has 0 bridgehead atoms. The minimum absolute atomic E-state index is 0.339. The molecule has 0 aliphatic carbocycles. The second-order valence-electron chi connectivity index (χ2n) is 2.64. The van der Waals surface area contributed by atoms with E-state index in [2.05, 4.69) is 15.9 Å². The van der Waals surface area contributed by atoms with Gasteiger partial charge >= 0.3 is 0 Å². The van der Waals surface area contributed by atoms with Crippen molar-refractivity contribution in [3.05, 3.63) is 33.8 Å². The highest BCUT2D eigenvalue weighted by atomic mass is 79.9. The molecular formula is C8H9BrN4O2. The van der Waals surface area contributed by atoms with E-state index >= 15 is 0 Å². The zero-order chi connectivity index (χ0) is 11.4. The van der Waals surface area contributed by atoms with Gasteiger partial charge in [0.25, 0.3) is 11.8 Å². The number of hydrazine groups is 2. The van der Waals surface area contributed by atoms with Gasteiger partial charge in [-0.25, -0.2) is 11.7 Å². The summed E-state index contributed by atoms with van der Waals surface area (Å²) in [6, 6.07) is 4.42. The molecule has 0 heterocycles. The molecule has 15 heavy (non-hydrogen) atoms. The van der Waals surface area contributed by atoms with Gasteiger partial charge in [0.05, 0.1) is 5.56 Å². The maximum absolute atomic E-state index is 11.2. The monoisotopic (exact) mass is 272 g/mol. The number of hydrogen-bond acceptors (Lipinski definition) is 4. The van der Waals surface area contributed by atoms with Crippen LogP contribution in [0.5, 0.6) is 0 Å². The molecule has 0 radical (unpaired) electrons. The second-order valence-corrected chi connectivity index (χ2v) is 3.50. The Morgan fingerprint density at radius 2 is 1.73 bits per heavy atom. The first-order valence-corrected chi connectivity index (χ1v) is 4.71. The highest BCUT2D eigenvalue weighted by molar-refractivity contribution is 9.10. The first-order chi connectivity index (χ1) is 7.10. The third-order valence-corrected chi connectivity index (χ3v) is 2.39. The first kappa shape index (κ1) is 11.6. The smallest absolute Gasteiger partial charge is 0.266 e. The molecule has 0 spiro atoms. The zero-order valence-electron chi connectivity index (χ0n) is 7.58. The molecule has 6 nitrogen and oxygen atoms in total. The van der Waals surface area contributed by atoms with E-state index in [1.807, 2.05) is 10.9 Å². The molecule has 1 aromatic carbocycles. The van der Waals surface area contributed by atoms with Gasteiger partial charge in [-0.05, 0) is 34.1 Å². The van der Waals surface area contributed by atoms with Crippen molar-refractivity contribution in [2.75, 3.05) is 0 Å². The van der Waals surface area contributed by atoms with Crippen LogP contribution >= 0.6 is 15.9 Å². The first-order valence-electron chi connectivity index (χ1n) is 3.91. The van der Waals surface area contributed by atoms with Gasteiger partial charge in [0.1, 0.15) is 0 Å². The number of nitrogens with two attached hydrogens (primary N) is 2. The minimum atomic E-state index is -0.443. The van der Waals surface area contributed by atoms with E-state index in [4.69, 9.17) is 11.7 Å². The molecule has 0 saturated carbocycles. The van der Waals surface area contributed by atoms with Crippen molar-refractivity contribution in [2.45, 2.75) is 0 Å². The Bertz CT molecular complexity index is 408. The molecule has 0 unspecified atom stereocenters. The van der Waals surface area contributed by atoms with Crippen molar-refractivity contribution in [3.8, 4) is 0 Å². The third-order valence-electron chi connectivity index (χ3n) is 1.74. The van der Waals surface area contributed by atoms with Crippen LogP contribution in [-0.4, -0.2) is 11.8 Å². The summed E-state index contributed by atoms with van der Waals surface area (Å²) >= 11 is 3.15. The van der Waals surface area contributed by atoms with Crippen molar-refractivity contribution in [1.82, 2.24) is 10.9 Å². The summed E-state index contributed by atoms with van der Waals surface area (Å²) in [5.41, 5.74) is 4.66. The molecule has 0 fully saturated rings. The lowest BCUT2D eigenvalue weighted by Gasteiger charge is -2.05. The number of amides is 2. The Morgan fingerprint density at radius 3 is 2.20 bits per heavy atom. The quantitative estimate of drug-likeness (QED) is 0.335. The van der Waals surface area contributed by atoms with Gasteiger partial charge in [-0.2, -0.15) is 0 Å². The van der Waals surface area contributed by atoms with E-state index in [1.165, 1.54) is 18.2 Å². The van der Waals surface area contributed by atoms with Crippen LogP contribution in [0.3, 0.4) is 0 Å². The predicted octanol–water partition coefficient (Wildman–Crippen LogP) is -0.344. The number of benzene rings is 1. The average molecular weight is 273 g/mol. The molecule has 0 aromatic heterocycles. The maximum Gasteiger partial charge on any atom is 0.266 e. The molecule has 0 atom stereocenters. The molecule has 0 aliphatic heterocycles. The van der Waals surface area contributed by atoms with E-state index < -0.39 is 11.8 Å². The summed E-state index contributed by atoms with van der Waals surface area (Å²) in [4.78, 5) is 22.3. The number of nitrogens with one attached hydrogen (secondary N) is 2. The standard InChI is InChI=1S/C8H9BrN4O2/c9-6-3-4(7(14)12-10)1-2-5(6)8(15)13-11/h1-3H,10-11H2,(H,12,14)(H,13,15). The summed E-state index contributed by atoms with van der Waals surface area (Å²) in [5, 5.41) is 0. The SMILES string of the molecule is NNC(=O)c1ccc(C(=O)NN)c(Br)c1. The van der Waals surface area contributed by atoms with E-state index in [0.29, 0.717) is 15.6 Å². The predicted molar refractivity (Wildman–Crippen MR) is 57.4 cm³/mol. The fourth-order valence-electron chi connectivity index (χ4n) is 1.00. The Morgan fingerprint density at radius 1 is 1.13 bits per heavy atom. The molecule has 1 aromatic rings. The molecule has 7 heteroatoms. The van der Waals surface area contributed by atoms with E-state index in [1.54, 1.807) is 0 Å². The number of nitrogen functional groups attached to an aromatic ring is 2. The summed E-state index contributed by atoms with van der Waals surface area (Å²) in [5.74, 6) is 9.06. The number of halogens is 1. The maximum atomic E-state index is 11.2. The Labute approximate surface area is 94.1 Å². The van der Waals surface area contributed by atoms with Gasteiger partial charge < -0.3 is 0 Å². The Kier molecular flexibility index (Phi) is 3.78. The second kappa shape index (κ2) is 4.87. The van der Waals surface area contributed by atoms with Gasteiger partial charge in [-0.3, -0.25) is 20.4 Å². The number of hydrogen-bond donors (Lipinski definition) is 4. The van der Waals surface area contributed by atoms with Crippen LogP contribution in [-0.2, 0) is 0 Å². The van der Waals surface area contributed by atoms with E-state index in [0.717, 1.165) is 0 Å². The fraction of sp³-hybridized carbons (Fsp3) is 0. The molecular weight excluding hydrogens is 264 g/mol. The highest BCUT2D eigenvalue weighted by Crippen LogP contribution is 2.18. The van der Waals surface area contributed by atoms with Crippen LogP contribution in [0.15, 0.2) is 22.7 Å². The lowest BCUT2D eigenvalue weighted by molar-refractivity contribution is 0.0941. The molecule has 0 aliphatic rings. The van der Waals surface area contributed by atoms with Gasteiger partial charge in [-0.15, -0.1) is 0 Å². The topological polar surface area (TPSA) is 110 Å². The minimum Gasteiger partial charge on any atom is -0.290 e. The van der Waals surface area contributed by atoms with Crippen LogP contribution in [0.4, 0.5) is 0 Å². The normalized spacial score (nSPS) is 9.53. The van der Waals surface area contributed by atoms with Crippen molar-refractivity contribution < 1.29 is 9.59 Å². The summed E-state index contributed by atoms with van der Waals surface area (Å²) in [6.45, 7) is 0. The summed E-state index contributed by atoms with van der Waals surface area (Å²) in [7, 11) is 0. The van der Waals surface area contributed by atoms with Crippen molar-refractivity contribution in [3.63, 3.8) is 0 Å². The Hall–Kier alpha value is -1.44. The summed E-state index contributed by atoms with van der Waals surface area (Å²) < 4.78 is 0.464. The molecule has 6 N–H and O–H groups in total. The van der Waals surface area contributed by atoms with E-state index in [-0.39, 0.29) is 0 Å². The van der Waals surface area contributed by atoms with Gasteiger partial charge in [0.2, 0.25) is 0 Å². The number of rotatable bonds is 2. The zero-order valence-corrected chi connectivity index (χ0v) is 9.17. The van der Waals surface area contributed by atoms with Crippen LogP contribution in [0, 0.1) is 0 Å². The van der Waals surface area contributed by atoms with Crippen LogP contribution in [0.2, 0.25) is 0 Å². The van der Waals surface area contributed by atoms with Gasteiger partial charge in [0, 0.05) is 10.0 Å². The molecule has 0 saturated heterocycles. The van der Waals surface area contributed by atoms with Crippen molar-refractivity contribution >= 4 is 27.7 Å².